The average molecular weight is 387 g/mol. The molecule has 0 aliphatic carbocycles. The third-order valence-electron chi connectivity index (χ3n) is 2.94. The molecule has 0 aromatic heterocycles. The zero-order valence-corrected chi connectivity index (χ0v) is 13.6. The van der Waals surface area contributed by atoms with Crippen LogP contribution < -0.4 is 10.6 Å². The molecule has 1 aromatic rings. The van der Waals surface area contributed by atoms with Gasteiger partial charge in [-0.2, -0.15) is 0 Å². The number of aliphatic carboxylic acids is 1. The molecule has 0 bridgehead atoms. The van der Waals surface area contributed by atoms with Crippen LogP contribution in [0.25, 0.3) is 10.4 Å². The summed E-state index contributed by atoms with van der Waals surface area (Å²) in [6.45, 7) is -0.493. The Labute approximate surface area is 149 Å². The van der Waals surface area contributed by atoms with Crippen molar-refractivity contribution in [2.24, 2.45) is 5.11 Å². The van der Waals surface area contributed by atoms with Crippen molar-refractivity contribution in [3.05, 3.63) is 45.6 Å². The van der Waals surface area contributed by atoms with Crippen LogP contribution in [0.15, 0.2) is 17.3 Å². The van der Waals surface area contributed by atoms with Crippen LogP contribution in [0.2, 0.25) is 0 Å². The number of nitrogens with zero attached hydrogens (tertiary/aromatic N) is 3. The maximum atomic E-state index is 14.3. The molecular formula is C14H12F3N5O5. The topological polar surface area (TPSA) is 153 Å². The summed E-state index contributed by atoms with van der Waals surface area (Å²) < 4.78 is 46.5. The number of azide groups is 1. The highest BCUT2D eigenvalue weighted by Crippen LogP contribution is 2.35. The third kappa shape index (κ3) is 5.37. The van der Waals surface area contributed by atoms with Crippen molar-refractivity contribution in [2.45, 2.75) is 0 Å². The zero-order chi connectivity index (χ0) is 20.6. The van der Waals surface area contributed by atoms with E-state index in [9.17, 15) is 27.6 Å². The van der Waals surface area contributed by atoms with E-state index in [0.717, 1.165) is 13.2 Å². The Hall–Kier alpha value is -3.73. The molecule has 13 heteroatoms. The largest absolute Gasteiger partial charge is 0.478 e. The van der Waals surface area contributed by atoms with Crippen LogP contribution in [0.4, 0.5) is 24.5 Å². The third-order valence-corrected chi connectivity index (χ3v) is 2.94. The fourth-order valence-electron chi connectivity index (χ4n) is 1.82. The van der Waals surface area contributed by atoms with Crippen molar-refractivity contribution in [1.29, 1.82) is 0 Å². The molecule has 0 aliphatic rings. The molecule has 1 aromatic carbocycles. The molecular weight excluding hydrogens is 375 g/mol. The van der Waals surface area contributed by atoms with Crippen molar-refractivity contribution < 1.29 is 37.4 Å². The van der Waals surface area contributed by atoms with Crippen molar-refractivity contribution in [3.63, 3.8) is 0 Å². The maximum absolute atomic E-state index is 14.3. The number of carboxylic acids is 1. The van der Waals surface area contributed by atoms with Crippen LogP contribution in [0, 0.1) is 17.5 Å². The number of halogens is 3. The van der Waals surface area contributed by atoms with Gasteiger partial charge in [0.1, 0.15) is 11.3 Å². The Morgan fingerprint density at radius 2 is 1.85 bits per heavy atom. The molecule has 3 N–H and O–H groups in total. The SMILES string of the molecule is COC(=O)c1c(F)c(F)c(N=[N+]=[N-])c(F)c1NCCNC(=O)/C=C\C(=O)O. The van der Waals surface area contributed by atoms with Gasteiger partial charge in [0.15, 0.2) is 17.5 Å². The minimum absolute atomic E-state index is 0.210. The summed E-state index contributed by atoms with van der Waals surface area (Å²) in [6, 6.07) is 0. The lowest BCUT2D eigenvalue weighted by Gasteiger charge is -2.15. The van der Waals surface area contributed by atoms with Gasteiger partial charge < -0.3 is 20.5 Å². The van der Waals surface area contributed by atoms with Gasteiger partial charge >= 0.3 is 11.9 Å². The molecule has 10 nitrogen and oxygen atoms in total. The number of rotatable bonds is 8. The Morgan fingerprint density at radius 1 is 1.19 bits per heavy atom. The minimum atomic E-state index is -1.87. The highest BCUT2D eigenvalue weighted by atomic mass is 19.2. The van der Waals surface area contributed by atoms with Crippen molar-refractivity contribution in [1.82, 2.24) is 5.32 Å². The summed E-state index contributed by atoms with van der Waals surface area (Å²) in [6.07, 6.45) is 1.30. The number of carbonyl (C=O) groups is 3. The average Bonchev–Trinajstić information content (AvgIpc) is 2.63. The number of methoxy groups -OCH3 is 1. The van der Waals surface area contributed by atoms with Crippen molar-refractivity contribution >= 4 is 29.2 Å². The second kappa shape index (κ2) is 9.68. The quantitative estimate of drug-likeness (QED) is 0.118. The fraction of sp³-hybridized carbons (Fsp3) is 0.214. The molecule has 0 heterocycles. The maximum Gasteiger partial charge on any atom is 0.343 e. The minimum Gasteiger partial charge on any atom is -0.478 e. The Morgan fingerprint density at radius 3 is 2.41 bits per heavy atom. The number of amides is 1. The Kier molecular flexibility index (Phi) is 7.64. The number of anilines is 1. The highest BCUT2D eigenvalue weighted by Gasteiger charge is 2.29. The van der Waals surface area contributed by atoms with Gasteiger partial charge in [-0.25, -0.2) is 22.8 Å². The van der Waals surface area contributed by atoms with Gasteiger partial charge in [-0.1, -0.05) is 5.11 Å². The molecule has 0 aliphatic heterocycles. The molecule has 1 rings (SSSR count). The highest BCUT2D eigenvalue weighted by molar-refractivity contribution is 5.97. The van der Waals surface area contributed by atoms with Crippen LogP contribution >= 0.6 is 0 Å². The molecule has 0 radical (unpaired) electrons. The molecule has 0 atom stereocenters. The number of hydrogen-bond donors (Lipinski definition) is 3. The van der Waals surface area contributed by atoms with E-state index in [2.05, 4.69) is 25.4 Å². The Bertz CT molecular complexity index is 852. The van der Waals surface area contributed by atoms with Gasteiger partial charge in [-0.15, -0.1) is 0 Å². The number of ether oxygens (including phenoxy) is 1. The molecule has 0 unspecified atom stereocenters. The summed E-state index contributed by atoms with van der Waals surface area (Å²) in [4.78, 5) is 35.4. The van der Waals surface area contributed by atoms with Crippen molar-refractivity contribution in [2.75, 3.05) is 25.5 Å². The lowest BCUT2D eigenvalue weighted by Crippen LogP contribution is -2.28. The smallest absolute Gasteiger partial charge is 0.343 e. The second-order valence-corrected chi connectivity index (χ2v) is 4.61. The fourth-order valence-corrected chi connectivity index (χ4v) is 1.82. The van der Waals surface area contributed by atoms with E-state index in [1.54, 1.807) is 0 Å². The first-order chi connectivity index (χ1) is 12.7. The predicted molar refractivity (Wildman–Crippen MR) is 84.7 cm³/mol. The summed E-state index contributed by atoms with van der Waals surface area (Å²) in [5, 5.41) is 15.6. The molecule has 1 amide bonds. The summed E-state index contributed by atoms with van der Waals surface area (Å²) in [7, 11) is 0.859. The van der Waals surface area contributed by atoms with E-state index < -0.39 is 52.2 Å². The standard InChI is InChI=1S/C14H12F3N5O5/c1-27-14(26)8-9(15)10(16)13(21-22-18)11(17)12(8)20-5-4-19-6(23)2-3-7(24)25/h2-3,20H,4-5H2,1H3,(H,19,23)(H,24,25)/b3-2-. The lowest BCUT2D eigenvalue weighted by molar-refractivity contribution is -0.131. The van der Waals surface area contributed by atoms with Crippen LogP contribution in [0.3, 0.4) is 0 Å². The molecule has 0 saturated carbocycles. The number of nitrogens with one attached hydrogen (secondary N) is 2. The molecule has 0 spiro atoms. The number of esters is 1. The second-order valence-electron chi connectivity index (χ2n) is 4.61. The first-order valence-electron chi connectivity index (χ1n) is 7.01. The predicted octanol–water partition coefficient (Wildman–Crippen LogP) is 2.00. The van der Waals surface area contributed by atoms with E-state index in [0.29, 0.717) is 6.08 Å². The van der Waals surface area contributed by atoms with Crippen LogP contribution in [0.1, 0.15) is 10.4 Å². The number of carboxylic acid groups (broad SMARTS) is 1. The van der Waals surface area contributed by atoms with Gasteiger partial charge in [-0.3, -0.25) is 4.79 Å². The normalized spacial score (nSPS) is 10.2. The summed E-state index contributed by atoms with van der Waals surface area (Å²) >= 11 is 0. The number of hydrogen-bond acceptors (Lipinski definition) is 6. The van der Waals surface area contributed by atoms with E-state index in [1.807, 2.05) is 0 Å². The molecule has 27 heavy (non-hydrogen) atoms. The number of carbonyl (C=O) groups excluding carboxylic acids is 2. The van der Waals surface area contributed by atoms with Crippen LogP contribution in [0.5, 0.6) is 0 Å². The van der Waals surface area contributed by atoms with Crippen molar-refractivity contribution in [3.8, 4) is 0 Å². The molecule has 0 saturated heterocycles. The first-order valence-corrected chi connectivity index (χ1v) is 7.01. The van der Waals surface area contributed by atoms with E-state index in [4.69, 9.17) is 10.6 Å². The Balaban J connectivity index is 3.08. The van der Waals surface area contributed by atoms with E-state index >= 15 is 0 Å². The monoisotopic (exact) mass is 387 g/mol. The van der Waals surface area contributed by atoms with Crippen LogP contribution in [-0.2, 0) is 14.3 Å². The van der Waals surface area contributed by atoms with E-state index in [-0.39, 0.29) is 13.1 Å². The zero-order valence-electron chi connectivity index (χ0n) is 13.6. The van der Waals surface area contributed by atoms with E-state index in [1.165, 1.54) is 0 Å². The molecule has 0 fully saturated rings. The summed E-state index contributed by atoms with van der Waals surface area (Å²) in [5.41, 5.74) is 5.11. The van der Waals surface area contributed by atoms with Gasteiger partial charge in [-0.05, 0) is 5.53 Å². The van der Waals surface area contributed by atoms with Gasteiger partial charge in [0, 0.05) is 30.2 Å². The van der Waals surface area contributed by atoms with Gasteiger partial charge in [0.2, 0.25) is 5.91 Å². The summed E-state index contributed by atoms with van der Waals surface area (Å²) in [5.74, 6) is -8.73. The first kappa shape index (κ1) is 21.3. The van der Waals surface area contributed by atoms with Gasteiger partial charge in [0.25, 0.3) is 0 Å². The molecule has 144 valence electrons. The lowest BCUT2D eigenvalue weighted by atomic mass is 10.1. The number of benzene rings is 1. The van der Waals surface area contributed by atoms with Gasteiger partial charge in [0.05, 0.1) is 12.8 Å². The van der Waals surface area contributed by atoms with Crippen LogP contribution in [-0.4, -0.2) is 43.2 Å².